The van der Waals surface area contributed by atoms with Gasteiger partial charge in [0.05, 0.1) is 15.6 Å². The Labute approximate surface area is 118 Å². The molecule has 0 spiro atoms. The van der Waals surface area contributed by atoms with Crippen molar-refractivity contribution in [2.45, 2.75) is 27.8 Å². The molecule has 0 radical (unpaired) electrons. The minimum absolute atomic E-state index is 0.0108. The highest BCUT2D eigenvalue weighted by Crippen LogP contribution is 2.38. The Bertz CT molecular complexity index is 455. The lowest BCUT2D eigenvalue weighted by Gasteiger charge is -2.34. The van der Waals surface area contributed by atoms with Crippen molar-refractivity contribution < 1.29 is 20.2 Å². The van der Waals surface area contributed by atoms with Crippen LogP contribution in [0.15, 0.2) is 29.2 Å². The van der Waals surface area contributed by atoms with Crippen molar-refractivity contribution in [3.05, 3.63) is 34.4 Å². The zero-order chi connectivity index (χ0) is 14.0. The molecule has 0 unspecified atom stereocenters. The van der Waals surface area contributed by atoms with E-state index >= 15 is 0 Å². The van der Waals surface area contributed by atoms with Crippen LogP contribution in [0, 0.1) is 10.1 Å². The first kappa shape index (κ1) is 14.6. The predicted octanol–water partition coefficient (Wildman–Crippen LogP) is 0.842. The number of aliphatic hydroxyl groups excluding tert-OH is 3. The van der Waals surface area contributed by atoms with E-state index in [4.69, 9.17) is 0 Å². The predicted molar refractivity (Wildman–Crippen MR) is 73.2 cm³/mol. The number of nitrogens with zero attached hydrogens (tertiary/aromatic N) is 1. The zero-order valence-corrected chi connectivity index (χ0v) is 11.4. The highest BCUT2D eigenvalue weighted by molar-refractivity contribution is 8.17. The van der Waals surface area contributed by atoms with Gasteiger partial charge < -0.3 is 15.3 Å². The molecule has 1 aromatic rings. The molecule has 1 heterocycles. The standard InChI is InChI=1S/C11H13NO5S2/c13-8-5-18-11(10(15)9(8)14)19-7-3-1-6(2-4-7)12(16)17/h1-4,8-11,13-15H,5H2/t8-,9-,10-,11-/m1/s1. The second-order valence-corrected chi connectivity index (χ2v) is 6.81. The quantitative estimate of drug-likeness (QED) is 0.561. The van der Waals surface area contributed by atoms with Crippen LogP contribution >= 0.6 is 23.5 Å². The van der Waals surface area contributed by atoms with E-state index in [1.807, 2.05) is 0 Å². The van der Waals surface area contributed by atoms with E-state index in [9.17, 15) is 25.4 Å². The third kappa shape index (κ3) is 3.40. The molecule has 1 fully saturated rings. The molecule has 8 heteroatoms. The van der Waals surface area contributed by atoms with Crippen molar-refractivity contribution in [1.29, 1.82) is 0 Å². The lowest BCUT2D eigenvalue weighted by Crippen LogP contribution is -2.47. The number of thioether (sulfide) groups is 2. The highest BCUT2D eigenvalue weighted by atomic mass is 32.2. The number of non-ortho nitro benzene ring substituents is 1. The van der Waals surface area contributed by atoms with Crippen molar-refractivity contribution in [1.82, 2.24) is 0 Å². The van der Waals surface area contributed by atoms with Gasteiger partial charge in [0.2, 0.25) is 0 Å². The Balaban J connectivity index is 2.03. The summed E-state index contributed by atoms with van der Waals surface area (Å²) in [7, 11) is 0. The molecule has 104 valence electrons. The fourth-order valence-electron chi connectivity index (χ4n) is 1.66. The van der Waals surface area contributed by atoms with Gasteiger partial charge in [0, 0.05) is 22.8 Å². The Hall–Kier alpha value is -0.800. The fraction of sp³-hybridized carbons (Fsp3) is 0.455. The van der Waals surface area contributed by atoms with Crippen molar-refractivity contribution in [2.75, 3.05) is 5.75 Å². The van der Waals surface area contributed by atoms with E-state index < -0.39 is 23.2 Å². The van der Waals surface area contributed by atoms with Gasteiger partial charge in [0.1, 0.15) is 12.2 Å². The van der Waals surface area contributed by atoms with Crippen LogP contribution in [0.4, 0.5) is 5.69 Å². The second-order valence-electron chi connectivity index (χ2n) is 4.12. The molecule has 19 heavy (non-hydrogen) atoms. The molecular weight excluding hydrogens is 290 g/mol. The van der Waals surface area contributed by atoms with Crippen molar-refractivity contribution in [3.8, 4) is 0 Å². The van der Waals surface area contributed by atoms with Crippen LogP contribution in [0.1, 0.15) is 0 Å². The molecular formula is C11H13NO5S2. The van der Waals surface area contributed by atoms with Crippen molar-refractivity contribution in [3.63, 3.8) is 0 Å². The summed E-state index contributed by atoms with van der Waals surface area (Å²) >= 11 is 2.68. The van der Waals surface area contributed by atoms with E-state index in [1.54, 1.807) is 12.1 Å². The summed E-state index contributed by atoms with van der Waals surface area (Å²) in [6.07, 6.45) is -3.11. The molecule has 3 N–H and O–H groups in total. The number of aliphatic hydroxyl groups is 3. The van der Waals surface area contributed by atoms with Crippen LogP contribution < -0.4 is 0 Å². The molecule has 1 aromatic carbocycles. The van der Waals surface area contributed by atoms with Crippen LogP contribution in [0.2, 0.25) is 0 Å². The number of nitro groups is 1. The zero-order valence-electron chi connectivity index (χ0n) is 9.75. The van der Waals surface area contributed by atoms with Crippen LogP contribution in [0.5, 0.6) is 0 Å². The first-order valence-electron chi connectivity index (χ1n) is 5.56. The minimum atomic E-state index is -1.16. The van der Waals surface area contributed by atoms with E-state index in [-0.39, 0.29) is 10.3 Å². The summed E-state index contributed by atoms with van der Waals surface area (Å²) in [5.74, 6) is 0.350. The SMILES string of the molecule is O=[N+]([O-])c1ccc(S[C@H]2SC[C@@H](O)[C@@H](O)[C@H]2O)cc1. The lowest BCUT2D eigenvalue weighted by atomic mass is 10.1. The largest absolute Gasteiger partial charge is 0.389 e. The van der Waals surface area contributed by atoms with Crippen LogP contribution in [-0.4, -0.2) is 48.9 Å². The fourth-order valence-corrected chi connectivity index (χ4v) is 4.31. The van der Waals surface area contributed by atoms with Crippen molar-refractivity contribution in [2.24, 2.45) is 0 Å². The van der Waals surface area contributed by atoms with Crippen molar-refractivity contribution >= 4 is 29.2 Å². The summed E-state index contributed by atoms with van der Waals surface area (Å²) in [5.41, 5.74) is 0.0108. The summed E-state index contributed by atoms with van der Waals surface area (Å²) in [4.78, 5) is 10.8. The van der Waals surface area contributed by atoms with Gasteiger partial charge in [0.25, 0.3) is 5.69 Å². The molecule has 4 atom stereocenters. The maximum Gasteiger partial charge on any atom is 0.269 e. The molecule has 0 aliphatic carbocycles. The first-order valence-corrected chi connectivity index (χ1v) is 7.49. The Morgan fingerprint density at radius 2 is 1.84 bits per heavy atom. The average molecular weight is 303 g/mol. The molecule has 0 saturated carbocycles. The number of rotatable bonds is 3. The maximum atomic E-state index is 10.5. The van der Waals surface area contributed by atoms with Gasteiger partial charge in [0.15, 0.2) is 0 Å². The molecule has 6 nitrogen and oxygen atoms in total. The van der Waals surface area contributed by atoms with E-state index in [0.717, 1.165) is 4.90 Å². The third-order valence-electron chi connectivity index (χ3n) is 2.75. The van der Waals surface area contributed by atoms with Gasteiger partial charge >= 0.3 is 0 Å². The average Bonchev–Trinajstić information content (AvgIpc) is 2.40. The van der Waals surface area contributed by atoms with E-state index in [1.165, 1.54) is 35.7 Å². The number of hydrogen-bond acceptors (Lipinski definition) is 7. The Morgan fingerprint density at radius 1 is 1.21 bits per heavy atom. The summed E-state index contributed by atoms with van der Waals surface area (Å²) in [6.45, 7) is 0. The highest BCUT2D eigenvalue weighted by Gasteiger charge is 2.37. The van der Waals surface area contributed by atoms with Gasteiger partial charge in [-0.25, -0.2) is 0 Å². The minimum Gasteiger partial charge on any atom is -0.389 e. The van der Waals surface area contributed by atoms with Crippen LogP contribution in [0.3, 0.4) is 0 Å². The second kappa shape index (κ2) is 6.10. The summed E-state index contributed by atoms with van der Waals surface area (Å²) in [5, 5.41) is 39.4. The molecule has 0 amide bonds. The third-order valence-corrected chi connectivity index (χ3v) is 5.65. The summed E-state index contributed by atoms with van der Waals surface area (Å²) in [6, 6.07) is 6.00. The smallest absolute Gasteiger partial charge is 0.269 e. The molecule has 1 saturated heterocycles. The Kier molecular flexibility index (Phi) is 4.69. The van der Waals surface area contributed by atoms with Crippen LogP contribution in [-0.2, 0) is 0 Å². The lowest BCUT2D eigenvalue weighted by molar-refractivity contribution is -0.384. The van der Waals surface area contributed by atoms with Gasteiger partial charge in [-0.15, -0.1) is 23.5 Å². The van der Waals surface area contributed by atoms with E-state index in [0.29, 0.717) is 5.75 Å². The number of nitro benzene ring substituents is 1. The molecule has 0 bridgehead atoms. The van der Waals surface area contributed by atoms with Gasteiger partial charge in [-0.3, -0.25) is 10.1 Å². The maximum absolute atomic E-state index is 10.5. The number of benzene rings is 1. The number of hydrogen-bond donors (Lipinski definition) is 3. The molecule has 1 aliphatic rings. The Morgan fingerprint density at radius 3 is 2.42 bits per heavy atom. The van der Waals surface area contributed by atoms with Gasteiger partial charge in [-0.05, 0) is 12.1 Å². The normalized spacial score (nSPS) is 31.1. The molecule has 2 rings (SSSR count). The van der Waals surface area contributed by atoms with Crippen LogP contribution in [0.25, 0.3) is 0 Å². The van der Waals surface area contributed by atoms with Gasteiger partial charge in [-0.1, -0.05) is 0 Å². The summed E-state index contributed by atoms with van der Waals surface area (Å²) < 4.78 is -0.306. The first-order chi connectivity index (χ1) is 8.99. The molecule has 0 aromatic heterocycles. The topological polar surface area (TPSA) is 104 Å². The monoisotopic (exact) mass is 303 g/mol. The van der Waals surface area contributed by atoms with Gasteiger partial charge in [-0.2, -0.15) is 0 Å². The van der Waals surface area contributed by atoms with E-state index in [2.05, 4.69) is 0 Å². The molecule has 1 aliphatic heterocycles.